The molecule has 0 bridgehead atoms. The molecule has 0 aliphatic carbocycles. The van der Waals surface area contributed by atoms with Crippen molar-refractivity contribution in [1.29, 1.82) is 0 Å². The van der Waals surface area contributed by atoms with Crippen molar-refractivity contribution in [3.63, 3.8) is 0 Å². The van der Waals surface area contributed by atoms with Crippen molar-refractivity contribution in [2.75, 3.05) is 20.0 Å². The highest BCUT2D eigenvalue weighted by Crippen LogP contribution is 2.35. The minimum absolute atomic E-state index is 0.0677. The van der Waals surface area contributed by atoms with Crippen LogP contribution < -0.4 is 0 Å². The van der Waals surface area contributed by atoms with E-state index in [0.29, 0.717) is 0 Å². The van der Waals surface area contributed by atoms with Crippen molar-refractivity contribution >= 4 is 10.1 Å². The van der Waals surface area contributed by atoms with Crippen LogP contribution in [-0.4, -0.2) is 69.0 Å². The third kappa shape index (κ3) is 6.33. The van der Waals surface area contributed by atoms with Crippen molar-refractivity contribution in [3.8, 4) is 0 Å². The second-order valence-electron chi connectivity index (χ2n) is 7.47. The maximum Gasteiger partial charge on any atom is 0.264 e. The van der Waals surface area contributed by atoms with Gasteiger partial charge in [-0.05, 0) is 11.1 Å². The zero-order valence-corrected chi connectivity index (χ0v) is 18.7. The Bertz CT molecular complexity index is 938. The summed E-state index contributed by atoms with van der Waals surface area (Å²) in [5.41, 5.74) is 1.66. The van der Waals surface area contributed by atoms with E-state index in [4.69, 9.17) is 23.1 Å². The molecule has 2 aromatic carbocycles. The smallest absolute Gasteiger partial charge is 0.264 e. The zero-order chi connectivity index (χ0) is 23.2. The molecule has 1 saturated heterocycles. The Labute approximate surface area is 187 Å². The van der Waals surface area contributed by atoms with Crippen LogP contribution in [0.5, 0.6) is 0 Å². The highest BCUT2D eigenvalue weighted by Gasteiger charge is 2.57. The molecule has 2 aromatic rings. The fourth-order valence-electron chi connectivity index (χ4n) is 3.44. The molecule has 0 unspecified atom stereocenters. The van der Waals surface area contributed by atoms with Gasteiger partial charge in [0.15, 0.2) is 12.4 Å². The van der Waals surface area contributed by atoms with Gasteiger partial charge in [-0.3, -0.25) is 4.18 Å². The highest BCUT2D eigenvalue weighted by molar-refractivity contribution is 7.86. The fourth-order valence-corrected chi connectivity index (χ4v) is 4.07. The van der Waals surface area contributed by atoms with Crippen LogP contribution in [0.3, 0.4) is 0 Å². The Morgan fingerprint density at radius 1 is 0.938 bits per heavy atom. The molecule has 1 aliphatic rings. The van der Waals surface area contributed by atoms with E-state index >= 15 is 0 Å². The first-order valence-corrected chi connectivity index (χ1v) is 11.8. The molecule has 176 valence electrons. The summed E-state index contributed by atoms with van der Waals surface area (Å²) in [6, 6.07) is 18.5. The van der Waals surface area contributed by atoms with Crippen molar-refractivity contribution < 1.29 is 41.8 Å². The van der Waals surface area contributed by atoms with E-state index in [9.17, 15) is 18.6 Å². The number of methoxy groups -OCH3 is 1. The molecule has 10 heteroatoms. The van der Waals surface area contributed by atoms with Gasteiger partial charge < -0.3 is 29.2 Å². The largest absolute Gasteiger partial charge is 0.391 e. The Hall–Kier alpha value is -1.89. The standard InChI is InChI=1S/C22H28O9S/c1-27-21-19(29-14-17-11-7-4-8-12-17)18(28-13-16-9-5-3-6-10-16)20(31-32(2,25)26)22(24,15-23)30-21/h3-12,18-21,23-24H,13-15H2,1-2H3/t18-,19-,20+,21+,22+/m1/s1. The van der Waals surface area contributed by atoms with Crippen molar-refractivity contribution in [2.24, 2.45) is 0 Å². The summed E-state index contributed by atoms with van der Waals surface area (Å²) in [4.78, 5) is 0. The summed E-state index contributed by atoms with van der Waals surface area (Å²) in [6.07, 6.45) is -4.09. The van der Waals surface area contributed by atoms with Crippen LogP contribution in [0.15, 0.2) is 60.7 Å². The zero-order valence-electron chi connectivity index (χ0n) is 17.9. The van der Waals surface area contributed by atoms with Gasteiger partial charge in [0.1, 0.15) is 12.2 Å². The van der Waals surface area contributed by atoms with E-state index in [-0.39, 0.29) is 13.2 Å². The van der Waals surface area contributed by atoms with E-state index in [1.807, 2.05) is 60.7 Å². The van der Waals surface area contributed by atoms with Crippen LogP contribution in [0.1, 0.15) is 11.1 Å². The van der Waals surface area contributed by atoms with Crippen LogP contribution in [0.25, 0.3) is 0 Å². The minimum Gasteiger partial charge on any atom is -0.391 e. The van der Waals surface area contributed by atoms with Gasteiger partial charge in [-0.1, -0.05) is 60.7 Å². The average Bonchev–Trinajstić information content (AvgIpc) is 2.79. The lowest BCUT2D eigenvalue weighted by atomic mass is 9.95. The molecule has 3 rings (SSSR count). The summed E-state index contributed by atoms with van der Waals surface area (Å²) < 4.78 is 51.9. The molecule has 1 heterocycles. The Morgan fingerprint density at radius 2 is 1.44 bits per heavy atom. The highest BCUT2D eigenvalue weighted by atomic mass is 32.2. The second-order valence-corrected chi connectivity index (χ2v) is 9.07. The molecular weight excluding hydrogens is 440 g/mol. The molecule has 5 atom stereocenters. The molecular formula is C22H28O9S. The van der Waals surface area contributed by atoms with Crippen molar-refractivity contribution in [2.45, 2.75) is 43.6 Å². The van der Waals surface area contributed by atoms with E-state index in [0.717, 1.165) is 17.4 Å². The van der Waals surface area contributed by atoms with Gasteiger partial charge in [0, 0.05) is 7.11 Å². The molecule has 0 radical (unpaired) electrons. The first kappa shape index (κ1) is 24.7. The first-order chi connectivity index (χ1) is 15.3. The maximum atomic E-state index is 12.0. The quantitative estimate of drug-likeness (QED) is 0.495. The van der Waals surface area contributed by atoms with Crippen LogP contribution in [0.4, 0.5) is 0 Å². The second kappa shape index (κ2) is 10.8. The first-order valence-electron chi connectivity index (χ1n) is 9.99. The van der Waals surface area contributed by atoms with Gasteiger partial charge in [-0.15, -0.1) is 0 Å². The Morgan fingerprint density at radius 3 is 1.88 bits per heavy atom. The monoisotopic (exact) mass is 468 g/mol. The lowest BCUT2D eigenvalue weighted by Gasteiger charge is -2.48. The predicted octanol–water partition coefficient (Wildman–Crippen LogP) is 1.19. The number of hydrogen-bond donors (Lipinski definition) is 2. The number of ether oxygens (including phenoxy) is 4. The average molecular weight is 469 g/mol. The molecule has 32 heavy (non-hydrogen) atoms. The van der Waals surface area contributed by atoms with E-state index in [1.54, 1.807) is 0 Å². The Balaban J connectivity index is 1.92. The summed E-state index contributed by atoms with van der Waals surface area (Å²) >= 11 is 0. The summed E-state index contributed by atoms with van der Waals surface area (Å²) in [6.45, 7) is -0.745. The normalized spacial score (nSPS) is 28.5. The third-order valence-electron chi connectivity index (χ3n) is 4.96. The van der Waals surface area contributed by atoms with Gasteiger partial charge in [0.2, 0.25) is 5.79 Å². The predicted molar refractivity (Wildman–Crippen MR) is 114 cm³/mol. The summed E-state index contributed by atoms with van der Waals surface area (Å²) in [7, 11) is -2.72. The maximum absolute atomic E-state index is 12.0. The number of aliphatic hydroxyl groups excluding tert-OH is 1. The molecule has 0 saturated carbocycles. The van der Waals surface area contributed by atoms with Crippen LogP contribution in [0, 0.1) is 0 Å². The number of aliphatic hydroxyl groups is 2. The lowest BCUT2D eigenvalue weighted by Crippen LogP contribution is -2.68. The number of hydrogen-bond acceptors (Lipinski definition) is 9. The number of benzene rings is 2. The van der Waals surface area contributed by atoms with Gasteiger partial charge >= 0.3 is 0 Å². The van der Waals surface area contributed by atoms with Gasteiger partial charge in [0.25, 0.3) is 10.1 Å². The summed E-state index contributed by atoms with van der Waals surface area (Å²) in [5.74, 6) is -2.41. The lowest BCUT2D eigenvalue weighted by molar-refractivity contribution is -0.398. The molecule has 0 amide bonds. The molecule has 1 aliphatic heterocycles. The van der Waals surface area contributed by atoms with Gasteiger partial charge in [-0.25, -0.2) is 0 Å². The fraction of sp³-hybridized carbons (Fsp3) is 0.455. The van der Waals surface area contributed by atoms with E-state index in [1.165, 1.54) is 7.11 Å². The van der Waals surface area contributed by atoms with Crippen LogP contribution in [0.2, 0.25) is 0 Å². The van der Waals surface area contributed by atoms with Crippen LogP contribution in [-0.2, 0) is 46.5 Å². The SMILES string of the molecule is CO[C@H]1O[C@@](O)(CO)[C@@H](OS(C)(=O)=O)[C@H](OCc2ccccc2)[C@H]1OCc1ccccc1. The van der Waals surface area contributed by atoms with Gasteiger partial charge in [0.05, 0.1) is 26.1 Å². The molecule has 1 fully saturated rings. The summed E-state index contributed by atoms with van der Waals surface area (Å²) in [5, 5.41) is 20.7. The van der Waals surface area contributed by atoms with Gasteiger partial charge in [-0.2, -0.15) is 8.42 Å². The van der Waals surface area contributed by atoms with E-state index in [2.05, 4.69) is 0 Å². The topological polar surface area (TPSA) is 121 Å². The molecule has 0 spiro atoms. The van der Waals surface area contributed by atoms with E-state index < -0.39 is 47.1 Å². The van der Waals surface area contributed by atoms with Crippen molar-refractivity contribution in [3.05, 3.63) is 71.8 Å². The third-order valence-corrected chi connectivity index (χ3v) is 5.52. The minimum atomic E-state index is -4.06. The van der Waals surface area contributed by atoms with Crippen molar-refractivity contribution in [1.82, 2.24) is 0 Å². The van der Waals surface area contributed by atoms with Crippen LogP contribution >= 0.6 is 0 Å². The number of rotatable bonds is 10. The molecule has 9 nitrogen and oxygen atoms in total. The molecule has 2 N–H and O–H groups in total. The molecule has 0 aromatic heterocycles. The Kier molecular flexibility index (Phi) is 8.37.